The minimum absolute atomic E-state index is 0.0224. The van der Waals surface area contributed by atoms with Gasteiger partial charge in [-0.2, -0.15) is 0 Å². The van der Waals surface area contributed by atoms with Crippen molar-refractivity contribution in [3.05, 3.63) is 53.8 Å². The zero-order valence-electron chi connectivity index (χ0n) is 12.0. The Morgan fingerprint density at radius 2 is 1.86 bits per heavy atom. The van der Waals surface area contributed by atoms with Crippen molar-refractivity contribution in [2.45, 2.75) is 13.8 Å². The highest BCUT2D eigenvalue weighted by molar-refractivity contribution is 6.19. The first-order valence-corrected chi connectivity index (χ1v) is 6.67. The number of Topliss-reactive ketones (excluding diaryl/α,β-unsaturated/α-hetero) is 1. The van der Waals surface area contributed by atoms with Crippen molar-refractivity contribution in [2.24, 2.45) is 0 Å². The minimum atomic E-state index is -0.636. The van der Waals surface area contributed by atoms with E-state index >= 15 is 0 Å². The number of hydrogen-bond donors (Lipinski definition) is 0. The van der Waals surface area contributed by atoms with Crippen LogP contribution in [0, 0.1) is 0 Å². The van der Waals surface area contributed by atoms with Crippen LogP contribution in [0.5, 0.6) is 0 Å². The van der Waals surface area contributed by atoms with Gasteiger partial charge in [-0.15, -0.1) is 0 Å². The molecule has 0 bridgehead atoms. The molecule has 2 aromatic rings. The van der Waals surface area contributed by atoms with Crippen LogP contribution < -0.4 is 0 Å². The van der Waals surface area contributed by atoms with Crippen molar-refractivity contribution in [2.75, 3.05) is 6.61 Å². The first kappa shape index (κ1) is 14.8. The maximum Gasteiger partial charge on any atom is 0.341 e. The number of esters is 1. The average molecular weight is 284 g/mol. The molecule has 0 aliphatic heterocycles. The lowest BCUT2D eigenvalue weighted by Crippen LogP contribution is -2.13. The van der Waals surface area contributed by atoms with E-state index in [1.807, 2.05) is 30.3 Å². The highest BCUT2D eigenvalue weighted by atomic mass is 16.5. The summed E-state index contributed by atoms with van der Waals surface area (Å²) >= 11 is 0. The fourth-order valence-corrected chi connectivity index (χ4v) is 1.84. The van der Waals surface area contributed by atoms with Gasteiger partial charge in [0.25, 0.3) is 0 Å². The van der Waals surface area contributed by atoms with E-state index in [4.69, 9.17) is 9.15 Å². The maximum absolute atomic E-state index is 11.7. The van der Waals surface area contributed by atoms with Crippen molar-refractivity contribution >= 4 is 17.8 Å². The van der Waals surface area contributed by atoms with Crippen LogP contribution in [-0.2, 0) is 14.3 Å². The number of ketones is 1. The molecule has 4 nitrogen and oxygen atoms in total. The normalized spacial score (nSPS) is 11.2. The molecule has 0 saturated heterocycles. The zero-order chi connectivity index (χ0) is 15.2. The molecule has 0 unspecified atom stereocenters. The number of hydrogen-bond acceptors (Lipinski definition) is 4. The Hall–Kier alpha value is -2.62. The van der Waals surface area contributed by atoms with Gasteiger partial charge in [0.05, 0.1) is 6.61 Å². The first-order chi connectivity index (χ1) is 10.1. The molecule has 1 aromatic carbocycles. The molecule has 0 amide bonds. The molecule has 108 valence electrons. The molecule has 0 aliphatic rings. The fraction of sp³-hybridized carbons (Fsp3) is 0.176. The van der Waals surface area contributed by atoms with E-state index in [2.05, 4.69) is 0 Å². The second-order valence-electron chi connectivity index (χ2n) is 4.40. The molecule has 0 saturated carbocycles. The summed E-state index contributed by atoms with van der Waals surface area (Å²) < 4.78 is 10.5. The number of furan rings is 1. The molecule has 21 heavy (non-hydrogen) atoms. The van der Waals surface area contributed by atoms with Crippen LogP contribution >= 0.6 is 0 Å². The summed E-state index contributed by atoms with van der Waals surface area (Å²) in [5.74, 6) is 0.120. The highest BCUT2D eigenvalue weighted by Gasteiger charge is 2.16. The molecule has 0 N–H and O–H groups in total. The lowest BCUT2D eigenvalue weighted by atomic mass is 10.1. The summed E-state index contributed by atoms with van der Waals surface area (Å²) in [5.41, 5.74) is 0.906. The van der Waals surface area contributed by atoms with E-state index in [1.54, 1.807) is 19.1 Å². The maximum atomic E-state index is 11.7. The first-order valence-electron chi connectivity index (χ1n) is 6.67. The number of rotatable bonds is 5. The topological polar surface area (TPSA) is 56.5 Å². The van der Waals surface area contributed by atoms with E-state index in [0.29, 0.717) is 11.5 Å². The van der Waals surface area contributed by atoms with E-state index in [1.165, 1.54) is 13.0 Å². The fourth-order valence-electron chi connectivity index (χ4n) is 1.84. The predicted molar refractivity (Wildman–Crippen MR) is 79.4 cm³/mol. The van der Waals surface area contributed by atoms with E-state index in [0.717, 1.165) is 5.56 Å². The van der Waals surface area contributed by atoms with Crippen LogP contribution in [0.2, 0.25) is 0 Å². The Bertz CT molecular complexity index is 665. The van der Waals surface area contributed by atoms with Gasteiger partial charge in [-0.3, -0.25) is 4.79 Å². The third kappa shape index (κ3) is 3.69. The molecule has 1 heterocycles. The minimum Gasteiger partial charge on any atom is -0.462 e. The van der Waals surface area contributed by atoms with Crippen molar-refractivity contribution in [1.29, 1.82) is 0 Å². The summed E-state index contributed by atoms with van der Waals surface area (Å²) in [7, 11) is 0. The van der Waals surface area contributed by atoms with Gasteiger partial charge in [-0.25, -0.2) is 4.79 Å². The molecule has 0 spiro atoms. The van der Waals surface area contributed by atoms with Crippen LogP contribution in [-0.4, -0.2) is 18.4 Å². The Balaban J connectivity index is 2.29. The summed E-state index contributed by atoms with van der Waals surface area (Å²) in [4.78, 5) is 23.2. The second kappa shape index (κ2) is 6.70. The number of carbonyl (C=O) groups is 2. The third-order valence-electron chi connectivity index (χ3n) is 2.85. The van der Waals surface area contributed by atoms with E-state index < -0.39 is 5.97 Å². The highest BCUT2D eigenvalue weighted by Crippen LogP contribution is 2.23. The Morgan fingerprint density at radius 1 is 1.14 bits per heavy atom. The van der Waals surface area contributed by atoms with Crippen LogP contribution in [0.25, 0.3) is 17.4 Å². The molecule has 0 fully saturated rings. The van der Waals surface area contributed by atoms with Crippen molar-refractivity contribution in [3.8, 4) is 11.3 Å². The SMILES string of the molecule is CCOC(=O)C(=Cc1ccc(-c2ccccc2)o1)C(C)=O. The molecular weight excluding hydrogens is 268 g/mol. The number of carbonyl (C=O) groups excluding carboxylic acids is 2. The third-order valence-corrected chi connectivity index (χ3v) is 2.85. The van der Waals surface area contributed by atoms with Gasteiger partial charge in [0.2, 0.25) is 0 Å². The van der Waals surface area contributed by atoms with Gasteiger partial charge >= 0.3 is 5.97 Å². The molecular formula is C17H16O4. The molecule has 2 rings (SSSR count). The smallest absolute Gasteiger partial charge is 0.341 e. The lowest BCUT2D eigenvalue weighted by Gasteiger charge is -2.02. The van der Waals surface area contributed by atoms with Crippen molar-refractivity contribution < 1.29 is 18.7 Å². The standard InChI is InChI=1S/C17H16O4/c1-3-20-17(19)15(12(2)18)11-14-9-10-16(21-14)13-7-5-4-6-8-13/h4-11H,3H2,1-2H3. The van der Waals surface area contributed by atoms with Crippen molar-refractivity contribution in [1.82, 2.24) is 0 Å². The molecule has 1 aromatic heterocycles. The van der Waals surface area contributed by atoms with Gasteiger partial charge in [-0.1, -0.05) is 30.3 Å². The van der Waals surface area contributed by atoms with Crippen LogP contribution in [0.15, 0.2) is 52.5 Å². The van der Waals surface area contributed by atoms with Gasteiger partial charge in [-0.05, 0) is 32.1 Å². The molecule has 0 aliphatic carbocycles. The lowest BCUT2D eigenvalue weighted by molar-refractivity contribution is -0.139. The Labute approximate surface area is 123 Å². The Morgan fingerprint density at radius 3 is 2.48 bits per heavy atom. The summed E-state index contributed by atoms with van der Waals surface area (Å²) in [5, 5.41) is 0. The monoisotopic (exact) mass is 284 g/mol. The van der Waals surface area contributed by atoms with Crippen LogP contribution in [0.4, 0.5) is 0 Å². The summed E-state index contributed by atoms with van der Waals surface area (Å²) in [6, 6.07) is 13.1. The molecule has 0 radical (unpaired) electrons. The number of ether oxygens (including phenoxy) is 1. The van der Waals surface area contributed by atoms with Crippen molar-refractivity contribution in [3.63, 3.8) is 0 Å². The van der Waals surface area contributed by atoms with Crippen LogP contribution in [0.1, 0.15) is 19.6 Å². The van der Waals surface area contributed by atoms with E-state index in [-0.39, 0.29) is 18.0 Å². The van der Waals surface area contributed by atoms with E-state index in [9.17, 15) is 9.59 Å². The quantitative estimate of drug-likeness (QED) is 0.365. The number of benzene rings is 1. The average Bonchev–Trinajstić information content (AvgIpc) is 2.94. The summed E-state index contributed by atoms with van der Waals surface area (Å²) in [6.07, 6.45) is 1.41. The van der Waals surface area contributed by atoms with Gasteiger partial charge in [0.1, 0.15) is 17.1 Å². The largest absolute Gasteiger partial charge is 0.462 e. The molecule has 0 atom stereocenters. The zero-order valence-corrected chi connectivity index (χ0v) is 12.0. The predicted octanol–water partition coefficient (Wildman–Crippen LogP) is 3.48. The van der Waals surface area contributed by atoms with Gasteiger partial charge in [0.15, 0.2) is 5.78 Å². The Kier molecular flexibility index (Phi) is 4.72. The van der Waals surface area contributed by atoms with Gasteiger partial charge in [0, 0.05) is 5.56 Å². The second-order valence-corrected chi connectivity index (χ2v) is 4.40. The van der Waals surface area contributed by atoms with Crippen LogP contribution in [0.3, 0.4) is 0 Å². The molecule has 4 heteroatoms. The summed E-state index contributed by atoms with van der Waals surface area (Å²) in [6.45, 7) is 3.23. The van der Waals surface area contributed by atoms with Gasteiger partial charge < -0.3 is 9.15 Å².